The van der Waals surface area contributed by atoms with E-state index >= 15 is 0 Å². The highest BCUT2D eigenvalue weighted by Crippen LogP contribution is 2.52. The normalized spacial score (nSPS) is 38.8. The molecule has 5 atom stereocenters. The van der Waals surface area contributed by atoms with E-state index in [1.807, 2.05) is 0 Å². The van der Waals surface area contributed by atoms with E-state index in [4.69, 9.17) is 17.0 Å². The van der Waals surface area contributed by atoms with E-state index in [0.717, 1.165) is 38.5 Å². The van der Waals surface area contributed by atoms with Gasteiger partial charge in [-0.1, -0.05) is 13.8 Å². The number of aliphatic hydroxyl groups is 1. The highest BCUT2D eigenvalue weighted by molar-refractivity contribution is 6.14. The first-order valence-electron chi connectivity index (χ1n) is 9.18. The Kier molecular flexibility index (Phi) is 5.11. The first-order chi connectivity index (χ1) is 11.3. The Hall–Kier alpha value is -0.830. The third-order valence-electron chi connectivity index (χ3n) is 6.53. The van der Waals surface area contributed by atoms with Gasteiger partial charge in [-0.3, -0.25) is 4.79 Å². The van der Waals surface area contributed by atoms with Crippen molar-refractivity contribution in [3.63, 3.8) is 0 Å². The second-order valence-corrected chi connectivity index (χ2v) is 8.68. The van der Waals surface area contributed by atoms with Gasteiger partial charge in [0, 0.05) is 12.6 Å². The molecule has 1 aliphatic heterocycles. The number of hydrogen-bond donors (Lipinski definition) is 1. The van der Waals surface area contributed by atoms with Crippen LogP contribution >= 0.6 is 11.8 Å². The molecule has 134 valence electrons. The smallest absolute Gasteiger partial charge is 0.239 e. The molecule has 2 aliphatic carbocycles. The molecule has 1 N–H and O–H groups in total. The minimum Gasteiger partial charge on any atom is -0.390 e. The second-order valence-electron chi connectivity index (χ2n) is 8.24. The van der Waals surface area contributed by atoms with Gasteiger partial charge in [-0.05, 0) is 68.1 Å². The molecule has 0 aromatic heterocycles. The summed E-state index contributed by atoms with van der Waals surface area (Å²) in [5, 5.41) is 19.8. The number of halogens is 1. The lowest BCUT2D eigenvalue weighted by Crippen LogP contribution is -2.42. The summed E-state index contributed by atoms with van der Waals surface area (Å²) >= 11 is 6.44. The van der Waals surface area contributed by atoms with Gasteiger partial charge in [0.1, 0.15) is 6.04 Å². The summed E-state index contributed by atoms with van der Waals surface area (Å²) in [5.41, 5.74) is -0.525. The molecule has 0 aromatic rings. The van der Waals surface area contributed by atoms with Crippen LogP contribution < -0.4 is 0 Å². The minimum atomic E-state index is -0.525. The molecule has 1 saturated heterocycles. The average molecular weight is 354 g/mol. The summed E-state index contributed by atoms with van der Waals surface area (Å²) in [5.74, 6) is 1.27. The van der Waals surface area contributed by atoms with Crippen molar-refractivity contribution in [3.8, 4) is 6.07 Å². The lowest BCUT2D eigenvalue weighted by atomic mass is 9.86. The lowest BCUT2D eigenvalue weighted by molar-refractivity contribution is -0.131. The van der Waals surface area contributed by atoms with Gasteiger partial charge in [-0.2, -0.15) is 5.26 Å². The van der Waals surface area contributed by atoms with Crippen LogP contribution in [0.15, 0.2) is 0 Å². The SMILES string of the molecule is CC(C)C1(O)C[C@H]2C[C@@H](N(Cl)CC(=O)N3CCC[C@H]3C#N)C[C@H]2C1. The van der Waals surface area contributed by atoms with Gasteiger partial charge in [-0.25, -0.2) is 4.42 Å². The number of nitrogens with zero attached hydrogens (tertiary/aromatic N) is 3. The Morgan fingerprint density at radius 1 is 1.42 bits per heavy atom. The molecular formula is C18H28ClN3O2. The van der Waals surface area contributed by atoms with Gasteiger partial charge in [0.2, 0.25) is 5.91 Å². The van der Waals surface area contributed by atoms with Crippen molar-refractivity contribution in [1.82, 2.24) is 9.32 Å². The lowest BCUT2D eigenvalue weighted by Gasteiger charge is -2.30. The van der Waals surface area contributed by atoms with E-state index in [2.05, 4.69) is 19.9 Å². The van der Waals surface area contributed by atoms with Gasteiger partial charge < -0.3 is 10.0 Å². The Morgan fingerprint density at radius 3 is 2.58 bits per heavy atom. The summed E-state index contributed by atoms with van der Waals surface area (Å²) in [6.07, 6.45) is 5.29. The number of rotatable bonds is 4. The van der Waals surface area contributed by atoms with Crippen LogP contribution in [0.5, 0.6) is 0 Å². The van der Waals surface area contributed by atoms with Gasteiger partial charge >= 0.3 is 0 Å². The number of likely N-dealkylation sites (tertiary alicyclic amines) is 1. The Morgan fingerprint density at radius 2 is 2.04 bits per heavy atom. The molecule has 5 nitrogen and oxygen atoms in total. The van der Waals surface area contributed by atoms with Crippen molar-refractivity contribution >= 4 is 17.7 Å². The fourth-order valence-corrected chi connectivity index (χ4v) is 5.18. The number of carbonyl (C=O) groups is 1. The van der Waals surface area contributed by atoms with E-state index < -0.39 is 5.60 Å². The molecule has 24 heavy (non-hydrogen) atoms. The van der Waals surface area contributed by atoms with E-state index in [9.17, 15) is 9.90 Å². The maximum absolute atomic E-state index is 12.4. The molecule has 0 spiro atoms. The van der Waals surface area contributed by atoms with Crippen molar-refractivity contribution < 1.29 is 9.90 Å². The number of fused-ring (bicyclic) bond motifs is 1. The number of nitriles is 1. The van der Waals surface area contributed by atoms with Crippen molar-refractivity contribution in [2.75, 3.05) is 13.1 Å². The number of carbonyl (C=O) groups excluding carboxylic acids is 1. The van der Waals surface area contributed by atoms with Crippen LogP contribution in [0.2, 0.25) is 0 Å². The largest absolute Gasteiger partial charge is 0.390 e. The zero-order valence-corrected chi connectivity index (χ0v) is 15.4. The summed E-state index contributed by atoms with van der Waals surface area (Å²) in [6.45, 7) is 5.02. The third-order valence-corrected chi connectivity index (χ3v) is 6.92. The van der Waals surface area contributed by atoms with Gasteiger partial charge in [0.25, 0.3) is 0 Å². The first-order valence-corrected chi connectivity index (χ1v) is 9.51. The van der Waals surface area contributed by atoms with Crippen LogP contribution in [-0.2, 0) is 4.79 Å². The topological polar surface area (TPSA) is 67.6 Å². The van der Waals surface area contributed by atoms with Gasteiger partial charge in [-0.15, -0.1) is 0 Å². The molecule has 0 aromatic carbocycles. The zero-order chi connectivity index (χ0) is 17.5. The van der Waals surface area contributed by atoms with Crippen LogP contribution in [0.4, 0.5) is 0 Å². The van der Waals surface area contributed by atoms with Crippen LogP contribution in [-0.4, -0.2) is 51.1 Å². The molecule has 3 fully saturated rings. The van der Waals surface area contributed by atoms with E-state index in [0.29, 0.717) is 18.4 Å². The fraction of sp³-hybridized carbons (Fsp3) is 0.889. The minimum absolute atomic E-state index is 0.0372. The van der Waals surface area contributed by atoms with Crippen LogP contribution in [0.3, 0.4) is 0 Å². The molecule has 0 radical (unpaired) electrons. The summed E-state index contributed by atoms with van der Waals surface area (Å²) in [4.78, 5) is 14.1. The first kappa shape index (κ1) is 18.0. The highest BCUT2D eigenvalue weighted by Gasteiger charge is 2.50. The number of amides is 1. The molecule has 2 saturated carbocycles. The third kappa shape index (κ3) is 3.29. The van der Waals surface area contributed by atoms with E-state index in [1.165, 1.54) is 0 Å². The number of hydrogen-bond acceptors (Lipinski definition) is 4. The Labute approximate surface area is 149 Å². The summed E-state index contributed by atoms with van der Waals surface area (Å²) < 4.78 is 1.65. The molecular weight excluding hydrogens is 326 g/mol. The molecule has 1 amide bonds. The van der Waals surface area contributed by atoms with Gasteiger partial charge in [0.15, 0.2) is 0 Å². The highest BCUT2D eigenvalue weighted by atomic mass is 35.5. The van der Waals surface area contributed by atoms with Crippen molar-refractivity contribution in [2.45, 2.75) is 70.1 Å². The Balaban J connectivity index is 1.53. The monoisotopic (exact) mass is 353 g/mol. The summed E-state index contributed by atoms with van der Waals surface area (Å²) in [7, 11) is 0. The standard InChI is InChI=1S/C18H28ClN3O2/c1-12(2)18(24)8-13-6-16(7-14(13)9-18)22(19)11-17(23)21-5-3-4-15(21)10-20/h12-16,24H,3-9,11H2,1-2H3/t13-,14+,15-,16-,18?/m0/s1. The molecule has 6 heteroatoms. The molecule has 3 rings (SSSR count). The predicted octanol–water partition coefficient (Wildman–Crippen LogP) is 2.53. The fourth-order valence-electron chi connectivity index (χ4n) is 4.92. The van der Waals surface area contributed by atoms with Gasteiger partial charge in [0.05, 0.1) is 18.2 Å². The molecule has 3 aliphatic rings. The van der Waals surface area contributed by atoms with Crippen molar-refractivity contribution in [1.29, 1.82) is 5.26 Å². The van der Waals surface area contributed by atoms with Crippen LogP contribution in [0, 0.1) is 29.1 Å². The quantitative estimate of drug-likeness (QED) is 0.788. The predicted molar refractivity (Wildman–Crippen MR) is 91.9 cm³/mol. The van der Waals surface area contributed by atoms with Crippen molar-refractivity contribution in [3.05, 3.63) is 0 Å². The molecule has 1 heterocycles. The average Bonchev–Trinajstić information content (AvgIpc) is 3.19. The van der Waals surface area contributed by atoms with Crippen LogP contribution in [0.1, 0.15) is 52.4 Å². The Bertz CT molecular complexity index is 519. The maximum Gasteiger partial charge on any atom is 0.239 e. The summed E-state index contributed by atoms with van der Waals surface area (Å²) in [6, 6.07) is 2.12. The van der Waals surface area contributed by atoms with Crippen LogP contribution in [0.25, 0.3) is 0 Å². The molecule has 0 bridgehead atoms. The zero-order valence-electron chi connectivity index (χ0n) is 14.6. The molecule has 1 unspecified atom stereocenters. The van der Waals surface area contributed by atoms with Crippen molar-refractivity contribution in [2.24, 2.45) is 17.8 Å². The van der Waals surface area contributed by atoms with E-state index in [-0.39, 0.29) is 30.5 Å². The van der Waals surface area contributed by atoms with E-state index in [1.54, 1.807) is 9.32 Å². The second kappa shape index (κ2) is 6.82. The maximum atomic E-state index is 12.4.